The second-order valence-electron chi connectivity index (χ2n) is 3.90. The maximum atomic E-state index is 3.80. The van der Waals surface area contributed by atoms with Crippen molar-refractivity contribution in [2.24, 2.45) is 0 Å². The highest BCUT2D eigenvalue weighted by Crippen LogP contribution is 2.33. The number of hydrogen-bond acceptors (Lipinski definition) is 1. The van der Waals surface area contributed by atoms with Crippen molar-refractivity contribution in [2.45, 2.75) is 16.1 Å². The fourth-order valence-electron chi connectivity index (χ4n) is 1.86. The van der Waals surface area contributed by atoms with Crippen LogP contribution >= 0.6 is 27.7 Å². The van der Waals surface area contributed by atoms with E-state index in [0.29, 0.717) is 4.83 Å². The molecule has 0 amide bonds. The maximum Gasteiger partial charge on any atom is 0.0446 e. The van der Waals surface area contributed by atoms with Gasteiger partial charge in [0.05, 0.1) is 0 Å². The van der Waals surface area contributed by atoms with Gasteiger partial charge in [0.2, 0.25) is 0 Å². The van der Waals surface area contributed by atoms with Crippen LogP contribution in [0.1, 0.15) is 16.0 Å². The molecule has 0 aliphatic carbocycles. The van der Waals surface area contributed by atoms with Gasteiger partial charge in [-0.3, -0.25) is 0 Å². The average molecular weight is 307 g/mol. The zero-order chi connectivity index (χ0) is 12.1. The van der Waals surface area contributed by atoms with Gasteiger partial charge in [-0.2, -0.15) is 0 Å². The van der Waals surface area contributed by atoms with Crippen LogP contribution in [0, 0.1) is 0 Å². The van der Waals surface area contributed by atoms with Crippen molar-refractivity contribution in [2.75, 3.05) is 6.26 Å². The standard InChI is InChI=1S/C15H15BrS/c1-17-15-10-6-5-9-13(15)14(16)11-12-7-3-2-4-8-12/h2-10,14H,11H2,1H3. The molecule has 2 aromatic carbocycles. The number of hydrogen-bond donors (Lipinski definition) is 0. The van der Waals surface area contributed by atoms with Crippen molar-refractivity contribution in [3.8, 4) is 0 Å². The minimum atomic E-state index is 0.383. The molecule has 0 saturated heterocycles. The van der Waals surface area contributed by atoms with Gasteiger partial charge < -0.3 is 0 Å². The topological polar surface area (TPSA) is 0 Å². The van der Waals surface area contributed by atoms with Gasteiger partial charge >= 0.3 is 0 Å². The van der Waals surface area contributed by atoms with Crippen molar-refractivity contribution in [1.82, 2.24) is 0 Å². The predicted molar refractivity (Wildman–Crippen MR) is 80.0 cm³/mol. The molecule has 2 heteroatoms. The molecule has 0 heterocycles. The monoisotopic (exact) mass is 306 g/mol. The first-order valence-corrected chi connectivity index (χ1v) is 7.76. The highest BCUT2D eigenvalue weighted by atomic mass is 79.9. The Morgan fingerprint density at radius 1 is 1.00 bits per heavy atom. The second kappa shape index (κ2) is 6.27. The molecular weight excluding hydrogens is 292 g/mol. The quantitative estimate of drug-likeness (QED) is 0.560. The Bertz CT molecular complexity index is 467. The van der Waals surface area contributed by atoms with Crippen LogP contribution in [0.3, 0.4) is 0 Å². The van der Waals surface area contributed by atoms with Crippen molar-refractivity contribution in [1.29, 1.82) is 0 Å². The van der Waals surface area contributed by atoms with Crippen LogP contribution in [0.2, 0.25) is 0 Å². The Morgan fingerprint density at radius 2 is 1.65 bits per heavy atom. The molecule has 0 aromatic heterocycles. The van der Waals surface area contributed by atoms with Gasteiger partial charge in [-0.1, -0.05) is 64.5 Å². The lowest BCUT2D eigenvalue weighted by Gasteiger charge is -2.13. The van der Waals surface area contributed by atoms with Crippen molar-refractivity contribution < 1.29 is 0 Å². The van der Waals surface area contributed by atoms with Crippen LogP contribution < -0.4 is 0 Å². The molecule has 1 unspecified atom stereocenters. The molecule has 17 heavy (non-hydrogen) atoms. The summed E-state index contributed by atoms with van der Waals surface area (Å²) in [4.78, 5) is 1.74. The van der Waals surface area contributed by atoms with Gasteiger partial charge in [-0.15, -0.1) is 11.8 Å². The second-order valence-corrected chi connectivity index (χ2v) is 5.85. The largest absolute Gasteiger partial charge is 0.129 e. The molecule has 0 saturated carbocycles. The highest BCUT2D eigenvalue weighted by molar-refractivity contribution is 9.09. The first kappa shape index (κ1) is 12.7. The van der Waals surface area contributed by atoms with Gasteiger partial charge in [0, 0.05) is 9.72 Å². The van der Waals surface area contributed by atoms with E-state index < -0.39 is 0 Å². The third kappa shape index (κ3) is 3.36. The maximum absolute atomic E-state index is 3.80. The van der Waals surface area contributed by atoms with E-state index in [9.17, 15) is 0 Å². The number of halogens is 1. The first-order valence-electron chi connectivity index (χ1n) is 5.62. The minimum Gasteiger partial charge on any atom is -0.129 e. The lowest BCUT2D eigenvalue weighted by Crippen LogP contribution is -1.97. The summed E-state index contributed by atoms with van der Waals surface area (Å²) in [7, 11) is 0. The van der Waals surface area contributed by atoms with Gasteiger partial charge in [0.1, 0.15) is 0 Å². The molecule has 0 aliphatic heterocycles. The predicted octanol–water partition coefficient (Wildman–Crippen LogP) is 5.09. The Hall–Kier alpha value is -0.730. The smallest absolute Gasteiger partial charge is 0.0446 e. The summed E-state index contributed by atoms with van der Waals surface area (Å²) in [5, 5.41) is 0. The van der Waals surface area contributed by atoms with Crippen LogP contribution in [0.25, 0.3) is 0 Å². The zero-order valence-electron chi connectivity index (χ0n) is 9.77. The number of alkyl halides is 1. The molecule has 88 valence electrons. The normalized spacial score (nSPS) is 12.4. The van der Waals surface area contributed by atoms with Crippen molar-refractivity contribution in [3.05, 3.63) is 65.7 Å². The molecule has 0 aliphatic rings. The Morgan fingerprint density at radius 3 is 2.35 bits per heavy atom. The van der Waals surface area contributed by atoms with E-state index in [1.54, 1.807) is 11.8 Å². The van der Waals surface area contributed by atoms with Crippen LogP contribution in [0.15, 0.2) is 59.5 Å². The van der Waals surface area contributed by atoms with E-state index in [2.05, 4.69) is 76.8 Å². The molecular formula is C15H15BrS. The highest BCUT2D eigenvalue weighted by Gasteiger charge is 2.11. The van der Waals surface area contributed by atoms with Crippen molar-refractivity contribution in [3.63, 3.8) is 0 Å². The van der Waals surface area contributed by atoms with E-state index >= 15 is 0 Å². The third-order valence-electron chi connectivity index (χ3n) is 2.73. The average Bonchev–Trinajstić information content (AvgIpc) is 2.40. The summed E-state index contributed by atoms with van der Waals surface area (Å²) in [5.41, 5.74) is 2.74. The summed E-state index contributed by atoms with van der Waals surface area (Å²) in [5.74, 6) is 0. The van der Waals surface area contributed by atoms with Gasteiger partial charge in [-0.25, -0.2) is 0 Å². The molecule has 1 atom stereocenters. The van der Waals surface area contributed by atoms with E-state index in [0.717, 1.165) is 6.42 Å². The zero-order valence-corrected chi connectivity index (χ0v) is 12.2. The molecule has 0 spiro atoms. The molecule has 0 fully saturated rings. The Labute approximate surface area is 116 Å². The van der Waals surface area contributed by atoms with Gasteiger partial charge in [0.15, 0.2) is 0 Å². The number of rotatable bonds is 4. The van der Waals surface area contributed by atoms with Gasteiger partial charge in [-0.05, 0) is 29.9 Å². The Balaban J connectivity index is 2.17. The van der Waals surface area contributed by atoms with Crippen LogP contribution in [-0.2, 0) is 6.42 Å². The van der Waals surface area contributed by atoms with Crippen LogP contribution in [0.5, 0.6) is 0 Å². The summed E-state index contributed by atoms with van der Waals surface area (Å²) in [6, 6.07) is 19.2. The SMILES string of the molecule is CSc1ccccc1C(Br)Cc1ccccc1. The molecule has 2 aromatic rings. The molecule has 0 N–H and O–H groups in total. The summed E-state index contributed by atoms with van der Waals surface area (Å²) < 4.78 is 0. The number of thioether (sulfide) groups is 1. The lowest BCUT2D eigenvalue weighted by molar-refractivity contribution is 0.925. The molecule has 0 bridgehead atoms. The van der Waals surface area contributed by atoms with E-state index in [1.807, 2.05) is 0 Å². The minimum absolute atomic E-state index is 0.383. The fourth-order valence-corrected chi connectivity index (χ4v) is 3.44. The van der Waals surface area contributed by atoms with E-state index in [1.165, 1.54) is 16.0 Å². The lowest BCUT2D eigenvalue weighted by atomic mass is 10.0. The van der Waals surface area contributed by atoms with Gasteiger partial charge in [0.25, 0.3) is 0 Å². The van der Waals surface area contributed by atoms with E-state index in [4.69, 9.17) is 0 Å². The third-order valence-corrected chi connectivity index (χ3v) is 4.36. The molecule has 0 radical (unpaired) electrons. The number of benzene rings is 2. The van der Waals surface area contributed by atoms with Crippen molar-refractivity contribution >= 4 is 27.7 Å². The fraction of sp³-hybridized carbons (Fsp3) is 0.200. The van der Waals surface area contributed by atoms with Crippen LogP contribution in [0.4, 0.5) is 0 Å². The van der Waals surface area contributed by atoms with Crippen LogP contribution in [-0.4, -0.2) is 6.26 Å². The summed E-state index contributed by atoms with van der Waals surface area (Å²) in [6.07, 6.45) is 3.15. The van der Waals surface area contributed by atoms with E-state index in [-0.39, 0.29) is 0 Å². The molecule has 2 rings (SSSR count). The first-order chi connectivity index (χ1) is 8.31. The summed E-state index contributed by atoms with van der Waals surface area (Å²) >= 11 is 5.61. The molecule has 0 nitrogen and oxygen atoms in total. The summed E-state index contributed by atoms with van der Waals surface area (Å²) in [6.45, 7) is 0. The Kier molecular flexibility index (Phi) is 4.69.